The third kappa shape index (κ3) is 4.10. The third-order valence-corrected chi connectivity index (χ3v) is 3.50. The summed E-state index contributed by atoms with van der Waals surface area (Å²) < 4.78 is 5.84. The van der Waals surface area contributed by atoms with E-state index in [1.807, 2.05) is 36.4 Å². The molecule has 0 fully saturated rings. The molecule has 0 bridgehead atoms. The molecular weight excluding hydrogens is 258 g/mol. The first-order chi connectivity index (χ1) is 10.0. The van der Waals surface area contributed by atoms with Crippen LogP contribution in [0.4, 0.5) is 0 Å². The van der Waals surface area contributed by atoms with E-state index in [0.29, 0.717) is 13.0 Å². The minimum absolute atomic E-state index is 0.151. The second-order valence-corrected chi connectivity index (χ2v) is 6.17. The summed E-state index contributed by atoms with van der Waals surface area (Å²) in [5.74, 6) is 0.856. The van der Waals surface area contributed by atoms with Gasteiger partial charge in [0.05, 0.1) is 12.5 Å². The van der Waals surface area contributed by atoms with E-state index in [1.165, 1.54) is 5.56 Å². The van der Waals surface area contributed by atoms with E-state index in [0.717, 1.165) is 16.9 Å². The van der Waals surface area contributed by atoms with Crippen molar-refractivity contribution >= 4 is 0 Å². The van der Waals surface area contributed by atoms with Gasteiger partial charge in [0.25, 0.3) is 0 Å². The van der Waals surface area contributed by atoms with Crippen LogP contribution >= 0.6 is 0 Å². The van der Waals surface area contributed by atoms with Crippen molar-refractivity contribution in [2.24, 2.45) is 0 Å². The molecule has 0 aliphatic carbocycles. The largest absolute Gasteiger partial charge is 0.489 e. The van der Waals surface area contributed by atoms with Gasteiger partial charge in [-0.25, -0.2) is 0 Å². The zero-order valence-electron chi connectivity index (χ0n) is 12.9. The number of benzene rings is 2. The zero-order chi connectivity index (χ0) is 15.3. The molecule has 108 valence electrons. The van der Waals surface area contributed by atoms with Crippen molar-refractivity contribution in [3.05, 3.63) is 65.2 Å². The van der Waals surface area contributed by atoms with Gasteiger partial charge < -0.3 is 4.74 Å². The topological polar surface area (TPSA) is 33.0 Å². The molecule has 21 heavy (non-hydrogen) atoms. The van der Waals surface area contributed by atoms with Crippen LogP contribution in [0.3, 0.4) is 0 Å². The van der Waals surface area contributed by atoms with Crippen LogP contribution in [0.5, 0.6) is 5.75 Å². The van der Waals surface area contributed by atoms with E-state index in [2.05, 4.69) is 39.0 Å². The number of hydrogen-bond acceptors (Lipinski definition) is 2. The van der Waals surface area contributed by atoms with Crippen LogP contribution in [0.2, 0.25) is 0 Å². The van der Waals surface area contributed by atoms with Crippen molar-refractivity contribution < 1.29 is 4.74 Å². The van der Waals surface area contributed by atoms with Crippen molar-refractivity contribution in [3.63, 3.8) is 0 Å². The molecule has 0 spiro atoms. The second-order valence-electron chi connectivity index (χ2n) is 6.17. The Morgan fingerprint density at radius 1 is 0.952 bits per heavy atom. The molecule has 0 N–H and O–H groups in total. The lowest BCUT2D eigenvalue weighted by molar-refractivity contribution is 0.305. The lowest BCUT2D eigenvalue weighted by Gasteiger charge is -2.19. The van der Waals surface area contributed by atoms with Crippen molar-refractivity contribution in [1.82, 2.24) is 0 Å². The molecule has 0 saturated heterocycles. The van der Waals surface area contributed by atoms with Gasteiger partial charge in [-0.1, -0.05) is 57.2 Å². The van der Waals surface area contributed by atoms with Crippen molar-refractivity contribution in [1.29, 1.82) is 5.26 Å². The van der Waals surface area contributed by atoms with Gasteiger partial charge in [-0.05, 0) is 34.2 Å². The number of ether oxygens (including phenoxy) is 1. The van der Waals surface area contributed by atoms with E-state index >= 15 is 0 Å². The van der Waals surface area contributed by atoms with Crippen LogP contribution in [0.1, 0.15) is 37.5 Å². The monoisotopic (exact) mass is 279 g/mol. The fourth-order valence-electron chi connectivity index (χ4n) is 2.17. The molecule has 0 atom stereocenters. The molecule has 0 aliphatic heterocycles. The Morgan fingerprint density at radius 3 is 2.14 bits per heavy atom. The van der Waals surface area contributed by atoms with Crippen molar-refractivity contribution in [2.45, 2.75) is 39.2 Å². The molecular formula is C19H21NO. The van der Waals surface area contributed by atoms with Crippen molar-refractivity contribution in [3.8, 4) is 11.8 Å². The second kappa shape index (κ2) is 6.45. The van der Waals surface area contributed by atoms with Gasteiger partial charge in [-0.3, -0.25) is 0 Å². The quantitative estimate of drug-likeness (QED) is 0.817. The molecule has 0 unspecified atom stereocenters. The maximum absolute atomic E-state index is 8.85. The number of rotatable bonds is 4. The lowest BCUT2D eigenvalue weighted by Crippen LogP contribution is -2.10. The highest BCUT2D eigenvalue weighted by Crippen LogP contribution is 2.24. The first kappa shape index (κ1) is 15.1. The Bertz CT molecular complexity index is 630. The van der Waals surface area contributed by atoms with Crippen LogP contribution in [0.25, 0.3) is 0 Å². The van der Waals surface area contributed by atoms with E-state index < -0.39 is 0 Å². The lowest BCUT2D eigenvalue weighted by atomic mass is 9.87. The van der Waals surface area contributed by atoms with Crippen LogP contribution in [-0.2, 0) is 18.4 Å². The predicted octanol–water partition coefficient (Wildman–Crippen LogP) is 4.63. The summed E-state index contributed by atoms with van der Waals surface area (Å²) in [4.78, 5) is 0. The van der Waals surface area contributed by atoms with Crippen molar-refractivity contribution in [2.75, 3.05) is 0 Å². The Morgan fingerprint density at radius 2 is 1.57 bits per heavy atom. The van der Waals surface area contributed by atoms with Gasteiger partial charge in [0.2, 0.25) is 0 Å². The van der Waals surface area contributed by atoms with E-state index in [-0.39, 0.29) is 5.41 Å². The van der Waals surface area contributed by atoms with Crippen LogP contribution in [-0.4, -0.2) is 0 Å². The minimum Gasteiger partial charge on any atom is -0.489 e. The molecule has 0 saturated carbocycles. The molecule has 0 radical (unpaired) electrons. The van der Waals surface area contributed by atoms with Gasteiger partial charge in [-0.2, -0.15) is 5.26 Å². The number of nitrogens with zero attached hydrogens (tertiary/aromatic N) is 1. The standard InChI is InChI=1S/C19H21NO/c1-19(2,3)17-8-10-18(11-9-17)21-14-16-7-5-4-6-15(16)12-13-20/h4-11H,12,14H2,1-3H3. The zero-order valence-corrected chi connectivity index (χ0v) is 12.9. The number of hydrogen-bond donors (Lipinski definition) is 0. The summed E-state index contributed by atoms with van der Waals surface area (Å²) in [5, 5.41) is 8.85. The molecule has 2 nitrogen and oxygen atoms in total. The van der Waals surface area contributed by atoms with Gasteiger partial charge in [0.1, 0.15) is 12.4 Å². The summed E-state index contributed by atoms with van der Waals surface area (Å²) in [6.07, 6.45) is 0.419. The molecule has 0 amide bonds. The normalized spacial score (nSPS) is 11.0. The van der Waals surface area contributed by atoms with Gasteiger partial charge in [-0.15, -0.1) is 0 Å². The SMILES string of the molecule is CC(C)(C)c1ccc(OCc2ccccc2CC#N)cc1. The highest BCUT2D eigenvalue weighted by molar-refractivity contribution is 5.32. The number of nitriles is 1. The smallest absolute Gasteiger partial charge is 0.119 e. The minimum atomic E-state index is 0.151. The molecule has 2 aromatic rings. The summed E-state index contributed by atoms with van der Waals surface area (Å²) in [7, 11) is 0. The van der Waals surface area contributed by atoms with E-state index in [1.54, 1.807) is 0 Å². The Balaban J connectivity index is 2.05. The first-order valence-corrected chi connectivity index (χ1v) is 7.18. The molecule has 2 heteroatoms. The van der Waals surface area contributed by atoms with Crippen LogP contribution < -0.4 is 4.74 Å². The Labute approximate surface area is 127 Å². The maximum Gasteiger partial charge on any atom is 0.119 e. The van der Waals surface area contributed by atoms with E-state index in [4.69, 9.17) is 10.00 Å². The average Bonchev–Trinajstić information content (AvgIpc) is 2.46. The predicted molar refractivity (Wildman–Crippen MR) is 85.2 cm³/mol. The highest BCUT2D eigenvalue weighted by Gasteiger charge is 2.13. The molecule has 2 rings (SSSR count). The summed E-state index contributed by atoms with van der Waals surface area (Å²) in [6, 6.07) is 18.3. The summed E-state index contributed by atoms with van der Waals surface area (Å²) in [6.45, 7) is 7.08. The summed E-state index contributed by atoms with van der Waals surface area (Å²) in [5.41, 5.74) is 3.54. The average molecular weight is 279 g/mol. The fraction of sp³-hybridized carbons (Fsp3) is 0.316. The molecule has 0 aliphatic rings. The third-order valence-electron chi connectivity index (χ3n) is 3.50. The Kier molecular flexibility index (Phi) is 4.65. The van der Waals surface area contributed by atoms with E-state index in [9.17, 15) is 0 Å². The van der Waals surface area contributed by atoms with Gasteiger partial charge >= 0.3 is 0 Å². The van der Waals surface area contributed by atoms with Crippen LogP contribution in [0, 0.1) is 11.3 Å². The summed E-state index contributed by atoms with van der Waals surface area (Å²) >= 11 is 0. The van der Waals surface area contributed by atoms with Gasteiger partial charge in [0, 0.05) is 0 Å². The molecule has 2 aromatic carbocycles. The Hall–Kier alpha value is -2.27. The highest BCUT2D eigenvalue weighted by atomic mass is 16.5. The molecule has 0 aromatic heterocycles. The van der Waals surface area contributed by atoms with Gasteiger partial charge in [0.15, 0.2) is 0 Å². The maximum atomic E-state index is 8.85. The molecule has 0 heterocycles. The van der Waals surface area contributed by atoms with Crippen LogP contribution in [0.15, 0.2) is 48.5 Å². The fourth-order valence-corrected chi connectivity index (χ4v) is 2.17. The first-order valence-electron chi connectivity index (χ1n) is 7.18.